The minimum Gasteiger partial charge on any atom is -0.473 e. The van der Waals surface area contributed by atoms with Gasteiger partial charge in [-0.3, -0.25) is 4.79 Å². The van der Waals surface area contributed by atoms with Gasteiger partial charge in [0, 0.05) is 18.7 Å². The summed E-state index contributed by atoms with van der Waals surface area (Å²) in [6, 6.07) is 16.4. The molecule has 4 aromatic rings. The van der Waals surface area contributed by atoms with Crippen LogP contribution >= 0.6 is 0 Å². The van der Waals surface area contributed by atoms with Crippen molar-refractivity contribution < 1.29 is 41.4 Å². The molecule has 0 radical (unpaired) electrons. The molecule has 2 heterocycles. The molecule has 0 N–H and O–H groups in total. The molecule has 1 saturated heterocycles. The van der Waals surface area contributed by atoms with Gasteiger partial charge in [0.25, 0.3) is 5.91 Å². The smallest absolute Gasteiger partial charge is 0.416 e. The molecule has 1 aliphatic rings. The van der Waals surface area contributed by atoms with E-state index in [1.165, 1.54) is 17.0 Å². The third kappa shape index (κ3) is 6.09. The molecule has 40 heavy (non-hydrogen) atoms. The second kappa shape index (κ2) is 11.4. The Labute approximate surface area is 227 Å². The number of alkyl halides is 3. The zero-order valence-corrected chi connectivity index (χ0v) is 21.4. The molecule has 11 heteroatoms. The van der Waals surface area contributed by atoms with E-state index in [0.29, 0.717) is 43.0 Å². The van der Waals surface area contributed by atoms with Crippen LogP contribution in [-0.4, -0.2) is 54.7 Å². The number of fused-ring (bicyclic) bond motifs is 1. The van der Waals surface area contributed by atoms with Crippen LogP contribution in [0.2, 0.25) is 0 Å². The van der Waals surface area contributed by atoms with Crippen molar-refractivity contribution in [3.8, 4) is 17.2 Å². The number of para-hydroxylation sites is 2. The van der Waals surface area contributed by atoms with Gasteiger partial charge in [0.1, 0.15) is 11.3 Å². The number of carbonyl (C=O) groups is 2. The van der Waals surface area contributed by atoms with E-state index in [-0.39, 0.29) is 17.2 Å². The predicted molar refractivity (Wildman–Crippen MR) is 137 cm³/mol. The Bertz CT molecular complexity index is 1490. The van der Waals surface area contributed by atoms with Gasteiger partial charge in [-0.2, -0.15) is 13.2 Å². The third-order valence-electron chi connectivity index (χ3n) is 6.34. The van der Waals surface area contributed by atoms with Crippen molar-refractivity contribution in [2.75, 3.05) is 32.9 Å². The highest BCUT2D eigenvalue weighted by atomic mass is 19.4. The van der Waals surface area contributed by atoms with Crippen molar-refractivity contribution in [3.05, 3.63) is 83.4 Å². The number of benzene rings is 3. The van der Waals surface area contributed by atoms with Crippen molar-refractivity contribution in [2.45, 2.75) is 19.2 Å². The molecule has 0 saturated carbocycles. The second-order valence-electron chi connectivity index (χ2n) is 9.21. The summed E-state index contributed by atoms with van der Waals surface area (Å²) in [5.41, 5.74) is 1.30. The Hall–Kier alpha value is -4.38. The average Bonchev–Trinajstić information content (AvgIpc) is 3.39. The maximum atomic E-state index is 13.5. The monoisotopic (exact) mass is 554 g/mol. The largest absolute Gasteiger partial charge is 0.473 e. The van der Waals surface area contributed by atoms with Gasteiger partial charge >= 0.3 is 12.1 Å². The fourth-order valence-electron chi connectivity index (χ4n) is 4.27. The Morgan fingerprint density at radius 2 is 1.80 bits per heavy atom. The molecular weight excluding hydrogens is 529 g/mol. The zero-order chi connectivity index (χ0) is 28.3. The highest BCUT2D eigenvalue weighted by Gasteiger charge is 2.34. The highest BCUT2D eigenvalue weighted by molar-refractivity contribution is 5.83. The number of rotatable bonds is 7. The molecule has 1 unspecified atom stereocenters. The maximum absolute atomic E-state index is 13.5. The van der Waals surface area contributed by atoms with E-state index < -0.39 is 36.3 Å². The first-order valence-electron chi connectivity index (χ1n) is 12.5. The summed E-state index contributed by atoms with van der Waals surface area (Å²) in [5.74, 6) is -1.12. The molecule has 3 aromatic carbocycles. The molecule has 1 atom stereocenters. The van der Waals surface area contributed by atoms with Gasteiger partial charge in [-0.15, -0.1) is 0 Å². The minimum atomic E-state index is -4.65. The molecule has 0 aliphatic carbocycles. The van der Waals surface area contributed by atoms with Gasteiger partial charge in [0.15, 0.2) is 12.2 Å². The lowest BCUT2D eigenvalue weighted by atomic mass is 10.0. The fourth-order valence-corrected chi connectivity index (χ4v) is 4.27. The fraction of sp³-hybridized carbons (Fsp3) is 0.276. The van der Waals surface area contributed by atoms with Crippen LogP contribution in [0.1, 0.15) is 22.8 Å². The van der Waals surface area contributed by atoms with E-state index in [0.717, 1.165) is 17.7 Å². The number of hydrogen-bond donors (Lipinski definition) is 0. The summed E-state index contributed by atoms with van der Waals surface area (Å²) in [4.78, 5) is 31.8. The molecule has 1 fully saturated rings. The first-order chi connectivity index (χ1) is 19.2. The van der Waals surface area contributed by atoms with Crippen molar-refractivity contribution in [2.24, 2.45) is 0 Å². The number of oxazole rings is 1. The summed E-state index contributed by atoms with van der Waals surface area (Å²) in [5, 5.41) is 0. The number of aryl methyl sites for hydroxylation is 1. The standard InChI is InChI=1S/C29H25F3N2O6/c1-18-9-10-23(21(15-18)27-33-22-7-2-3-8-24(22)40-27)39-26(19-5-4-6-20(16-19)29(30,31)32)28(36)38-17-25(35)34-11-13-37-14-12-34/h2-10,15-16,26H,11-14,17H2,1H3. The number of morpholine rings is 1. The number of nitrogens with zero attached hydrogens (tertiary/aromatic N) is 2. The van der Waals surface area contributed by atoms with Crippen molar-refractivity contribution in [1.82, 2.24) is 9.88 Å². The number of hydrogen-bond acceptors (Lipinski definition) is 7. The van der Waals surface area contributed by atoms with E-state index in [1.54, 1.807) is 42.5 Å². The van der Waals surface area contributed by atoms with Crippen molar-refractivity contribution in [1.29, 1.82) is 0 Å². The summed E-state index contributed by atoms with van der Waals surface area (Å²) in [6.45, 7) is 2.67. The minimum absolute atomic E-state index is 0.0947. The van der Waals surface area contributed by atoms with E-state index in [9.17, 15) is 22.8 Å². The Kier molecular flexibility index (Phi) is 7.74. The van der Waals surface area contributed by atoms with Crippen LogP contribution in [0.5, 0.6) is 5.75 Å². The number of carbonyl (C=O) groups excluding carboxylic acids is 2. The van der Waals surface area contributed by atoms with E-state index >= 15 is 0 Å². The SMILES string of the molecule is Cc1ccc(OC(C(=O)OCC(=O)N2CCOCC2)c2cccc(C(F)(F)F)c2)c(-c2nc3ccccc3o2)c1. The number of aromatic nitrogens is 1. The first kappa shape index (κ1) is 27.2. The van der Waals surface area contributed by atoms with Gasteiger partial charge in [0.05, 0.1) is 24.3 Å². The quantitative estimate of drug-likeness (QED) is 0.285. The zero-order valence-electron chi connectivity index (χ0n) is 21.4. The number of amides is 1. The predicted octanol–water partition coefficient (Wildman–Crippen LogP) is 5.34. The van der Waals surface area contributed by atoms with Gasteiger partial charge in [-0.1, -0.05) is 35.9 Å². The molecular formula is C29H25F3N2O6. The summed E-state index contributed by atoms with van der Waals surface area (Å²) in [6.07, 6.45) is -6.27. The van der Waals surface area contributed by atoms with Crippen LogP contribution in [0.4, 0.5) is 13.2 Å². The van der Waals surface area contributed by atoms with Gasteiger partial charge in [0.2, 0.25) is 12.0 Å². The van der Waals surface area contributed by atoms with Crippen LogP contribution in [0, 0.1) is 6.92 Å². The van der Waals surface area contributed by atoms with Gasteiger partial charge in [-0.05, 0) is 43.3 Å². The van der Waals surface area contributed by atoms with Crippen LogP contribution in [-0.2, 0) is 25.2 Å². The lowest BCUT2D eigenvalue weighted by Gasteiger charge is -2.27. The summed E-state index contributed by atoms with van der Waals surface area (Å²) < 4.78 is 63.0. The number of ether oxygens (including phenoxy) is 3. The summed E-state index contributed by atoms with van der Waals surface area (Å²) >= 11 is 0. The molecule has 0 bridgehead atoms. The topological polar surface area (TPSA) is 91.1 Å². The van der Waals surface area contributed by atoms with Gasteiger partial charge in [-0.25, -0.2) is 9.78 Å². The maximum Gasteiger partial charge on any atom is 0.416 e. The van der Waals surface area contributed by atoms with Crippen LogP contribution in [0.15, 0.2) is 71.1 Å². The number of esters is 1. The van der Waals surface area contributed by atoms with E-state index in [1.807, 2.05) is 6.92 Å². The van der Waals surface area contributed by atoms with Gasteiger partial charge < -0.3 is 23.5 Å². The Balaban J connectivity index is 1.47. The Morgan fingerprint density at radius 1 is 1.02 bits per heavy atom. The number of halogens is 3. The average molecular weight is 555 g/mol. The van der Waals surface area contributed by atoms with Crippen molar-refractivity contribution in [3.63, 3.8) is 0 Å². The second-order valence-corrected chi connectivity index (χ2v) is 9.21. The van der Waals surface area contributed by atoms with Crippen molar-refractivity contribution >= 4 is 23.0 Å². The molecule has 1 aliphatic heterocycles. The molecule has 8 nitrogen and oxygen atoms in total. The normalized spacial score (nSPS) is 14.7. The molecule has 5 rings (SSSR count). The lowest BCUT2D eigenvalue weighted by Crippen LogP contribution is -2.43. The van der Waals surface area contributed by atoms with Crippen LogP contribution < -0.4 is 4.74 Å². The molecule has 0 spiro atoms. The van der Waals surface area contributed by atoms with E-state index in [2.05, 4.69) is 4.98 Å². The molecule has 1 aromatic heterocycles. The van der Waals surface area contributed by atoms with E-state index in [4.69, 9.17) is 18.6 Å². The molecule has 1 amide bonds. The lowest BCUT2D eigenvalue weighted by molar-refractivity contribution is -0.159. The Morgan fingerprint density at radius 3 is 2.55 bits per heavy atom. The highest BCUT2D eigenvalue weighted by Crippen LogP contribution is 2.37. The first-order valence-corrected chi connectivity index (χ1v) is 12.5. The molecule has 208 valence electrons. The van der Waals surface area contributed by atoms with Crippen LogP contribution in [0.3, 0.4) is 0 Å². The summed E-state index contributed by atoms with van der Waals surface area (Å²) in [7, 11) is 0. The third-order valence-corrected chi connectivity index (χ3v) is 6.34. The van der Waals surface area contributed by atoms with Crippen LogP contribution in [0.25, 0.3) is 22.6 Å².